The number of carbonyl (C=O) groups excluding carboxylic acids is 2. The molecule has 0 spiro atoms. The average Bonchev–Trinajstić information content (AvgIpc) is 3.67. The van der Waals surface area contributed by atoms with Crippen molar-refractivity contribution in [1.82, 2.24) is 25.1 Å². The molecule has 1 saturated heterocycles. The van der Waals surface area contributed by atoms with Gasteiger partial charge < -0.3 is 21.3 Å². The van der Waals surface area contributed by atoms with E-state index in [9.17, 15) is 22.8 Å². The third kappa shape index (κ3) is 5.52. The Kier molecular flexibility index (Phi) is 6.91. The molecule has 206 valence electrons. The molecule has 2 fully saturated rings. The second-order valence-corrected chi connectivity index (χ2v) is 10.00. The van der Waals surface area contributed by atoms with Gasteiger partial charge in [0.05, 0.1) is 18.1 Å². The predicted molar refractivity (Wildman–Crippen MR) is 138 cm³/mol. The Balaban J connectivity index is 1.36. The number of nitrogens with two attached hydrogens (primary N) is 1. The monoisotopic (exact) mass is 542 g/mol. The highest BCUT2D eigenvalue weighted by Crippen LogP contribution is 2.40. The molecule has 1 aliphatic heterocycles. The van der Waals surface area contributed by atoms with Crippen LogP contribution in [0.25, 0.3) is 0 Å². The molecule has 3 heterocycles. The maximum absolute atomic E-state index is 13.6. The summed E-state index contributed by atoms with van der Waals surface area (Å²) >= 11 is 0. The van der Waals surface area contributed by atoms with Crippen LogP contribution in [-0.2, 0) is 13.2 Å². The van der Waals surface area contributed by atoms with Crippen LogP contribution in [0.3, 0.4) is 0 Å². The van der Waals surface area contributed by atoms with Gasteiger partial charge in [-0.2, -0.15) is 18.3 Å². The first-order valence-electron chi connectivity index (χ1n) is 12.7. The first-order chi connectivity index (χ1) is 18.5. The number of carbonyl (C=O) groups is 2. The van der Waals surface area contributed by atoms with E-state index in [1.54, 1.807) is 0 Å². The second-order valence-electron chi connectivity index (χ2n) is 10.00. The lowest BCUT2D eigenvalue weighted by molar-refractivity contribution is -0.143. The third-order valence-electron chi connectivity index (χ3n) is 7.27. The van der Waals surface area contributed by atoms with Gasteiger partial charge in [-0.15, -0.1) is 0 Å². The average molecular weight is 543 g/mol. The number of aryl methyl sites for hydroxylation is 1. The van der Waals surface area contributed by atoms with Crippen LogP contribution >= 0.6 is 0 Å². The number of halogens is 3. The van der Waals surface area contributed by atoms with Gasteiger partial charge in [0.2, 0.25) is 0 Å². The van der Waals surface area contributed by atoms with E-state index in [4.69, 9.17) is 5.73 Å². The van der Waals surface area contributed by atoms with Gasteiger partial charge in [0, 0.05) is 31.2 Å². The molecule has 10 nitrogen and oxygen atoms in total. The van der Waals surface area contributed by atoms with Crippen LogP contribution in [-0.4, -0.2) is 50.2 Å². The van der Waals surface area contributed by atoms with Crippen LogP contribution in [0.1, 0.15) is 70.6 Å². The molecule has 1 aliphatic carbocycles. The van der Waals surface area contributed by atoms with Gasteiger partial charge in [-0.3, -0.25) is 14.3 Å². The summed E-state index contributed by atoms with van der Waals surface area (Å²) in [5.74, 6) is -0.398. The molecule has 2 aliphatic rings. The van der Waals surface area contributed by atoms with E-state index < -0.39 is 17.8 Å². The molecule has 0 bridgehead atoms. The van der Waals surface area contributed by atoms with Crippen molar-refractivity contribution in [3.8, 4) is 0 Å². The molecule has 2 aromatic heterocycles. The topological polar surface area (TPSA) is 131 Å². The number of piperidine rings is 1. The predicted octanol–water partition coefficient (Wildman–Crippen LogP) is 3.74. The molecule has 39 heavy (non-hydrogen) atoms. The van der Waals surface area contributed by atoms with Gasteiger partial charge in [0.15, 0.2) is 17.2 Å². The second kappa shape index (κ2) is 10.2. The molecule has 13 heteroatoms. The van der Waals surface area contributed by atoms with Crippen molar-refractivity contribution in [2.24, 2.45) is 12.8 Å². The fourth-order valence-electron chi connectivity index (χ4n) is 5.01. The largest absolute Gasteiger partial charge is 0.435 e. The number of hydrogen-bond acceptors (Lipinski definition) is 7. The van der Waals surface area contributed by atoms with Crippen LogP contribution in [0.5, 0.6) is 0 Å². The van der Waals surface area contributed by atoms with E-state index in [0.717, 1.165) is 26.1 Å². The minimum Gasteiger partial charge on any atom is -0.364 e. The van der Waals surface area contributed by atoms with Gasteiger partial charge in [-0.25, -0.2) is 9.97 Å². The lowest BCUT2D eigenvalue weighted by Crippen LogP contribution is -2.54. The molecular weight excluding hydrogens is 513 g/mol. The summed E-state index contributed by atoms with van der Waals surface area (Å²) in [5, 5.41) is 9.33. The van der Waals surface area contributed by atoms with Gasteiger partial charge in [-0.05, 0) is 56.2 Å². The molecule has 5 rings (SSSR count). The highest BCUT2D eigenvalue weighted by atomic mass is 19.4. The number of hydrogen-bond donors (Lipinski definition) is 3. The van der Waals surface area contributed by atoms with Gasteiger partial charge in [-0.1, -0.05) is 12.1 Å². The standard InChI is InChI=1S/C26H29F3N8O2/c1-14-18(34-25(39)17-9-7-16(8-10-17)15-5-6-15)4-3-11-37(14)20-13-31-21(23(30)38)24(35-20)33-19-12-32-36(2)22(19)26(27,28)29/h7-10,12-15,18H,3-6,11H2,1-2H3,(H2,30,38)(H,33,35)(H,34,39). The first kappa shape index (κ1) is 26.4. The van der Waals surface area contributed by atoms with Crippen molar-refractivity contribution in [2.45, 2.75) is 56.8 Å². The summed E-state index contributed by atoms with van der Waals surface area (Å²) in [6, 6.07) is 7.26. The SMILES string of the molecule is CC1C(NC(=O)c2ccc(C3CC3)cc2)CCCN1c1cnc(C(N)=O)c(Nc2cnn(C)c2C(F)(F)F)n1. The Bertz CT molecular complexity index is 1380. The lowest BCUT2D eigenvalue weighted by atomic mass is 9.97. The number of amides is 2. The summed E-state index contributed by atoms with van der Waals surface area (Å²) in [4.78, 5) is 35.4. The Morgan fingerprint density at radius 3 is 2.46 bits per heavy atom. The van der Waals surface area contributed by atoms with E-state index in [0.29, 0.717) is 28.5 Å². The lowest BCUT2D eigenvalue weighted by Gasteiger charge is -2.40. The third-order valence-corrected chi connectivity index (χ3v) is 7.27. The molecule has 3 aromatic rings. The van der Waals surface area contributed by atoms with E-state index in [-0.39, 0.29) is 35.2 Å². The van der Waals surface area contributed by atoms with Crippen molar-refractivity contribution < 1.29 is 22.8 Å². The van der Waals surface area contributed by atoms with Gasteiger partial charge in [0.1, 0.15) is 5.82 Å². The molecule has 4 N–H and O–H groups in total. The summed E-state index contributed by atoms with van der Waals surface area (Å²) in [6.45, 7) is 2.51. The quantitative estimate of drug-likeness (QED) is 0.415. The molecule has 0 radical (unpaired) electrons. The Morgan fingerprint density at radius 1 is 1.10 bits per heavy atom. The number of nitrogens with one attached hydrogen (secondary N) is 2. The van der Waals surface area contributed by atoms with Crippen LogP contribution in [0.15, 0.2) is 36.7 Å². The van der Waals surface area contributed by atoms with Crippen molar-refractivity contribution >= 4 is 29.1 Å². The maximum Gasteiger partial charge on any atom is 0.435 e. The van der Waals surface area contributed by atoms with Crippen LogP contribution in [0, 0.1) is 0 Å². The van der Waals surface area contributed by atoms with Crippen LogP contribution in [0.2, 0.25) is 0 Å². The molecule has 1 aromatic carbocycles. The number of nitrogens with zero attached hydrogens (tertiary/aromatic N) is 5. The molecule has 2 unspecified atom stereocenters. The highest BCUT2D eigenvalue weighted by molar-refractivity contribution is 5.96. The zero-order valence-corrected chi connectivity index (χ0v) is 21.5. The van der Waals surface area contributed by atoms with E-state index in [1.165, 1.54) is 24.6 Å². The Morgan fingerprint density at radius 2 is 1.82 bits per heavy atom. The smallest absolute Gasteiger partial charge is 0.364 e. The number of primary amides is 1. The molecule has 1 saturated carbocycles. The fourth-order valence-corrected chi connectivity index (χ4v) is 5.01. The van der Waals surface area contributed by atoms with E-state index in [2.05, 4.69) is 25.7 Å². The summed E-state index contributed by atoms with van der Waals surface area (Å²) < 4.78 is 41.4. The number of benzene rings is 1. The maximum atomic E-state index is 13.6. The number of rotatable bonds is 7. The van der Waals surface area contributed by atoms with Crippen molar-refractivity contribution in [2.75, 3.05) is 16.8 Å². The minimum atomic E-state index is -4.70. The first-order valence-corrected chi connectivity index (χ1v) is 12.7. The zero-order valence-electron chi connectivity index (χ0n) is 21.5. The molecular formula is C26H29F3N8O2. The van der Waals surface area contributed by atoms with Gasteiger partial charge >= 0.3 is 6.18 Å². The highest BCUT2D eigenvalue weighted by Gasteiger charge is 2.38. The summed E-state index contributed by atoms with van der Waals surface area (Å²) in [7, 11) is 1.16. The van der Waals surface area contributed by atoms with Gasteiger partial charge in [0.25, 0.3) is 11.8 Å². The fraction of sp³-hybridized carbons (Fsp3) is 0.423. The number of alkyl halides is 3. The van der Waals surface area contributed by atoms with Crippen molar-refractivity contribution in [3.05, 3.63) is 59.2 Å². The molecule has 2 atom stereocenters. The number of aromatic nitrogens is 4. The van der Waals surface area contributed by atoms with Crippen molar-refractivity contribution in [1.29, 1.82) is 0 Å². The molecule has 2 amide bonds. The van der Waals surface area contributed by atoms with Crippen LogP contribution < -0.4 is 21.3 Å². The van der Waals surface area contributed by atoms with E-state index in [1.807, 2.05) is 36.1 Å². The Labute approximate surface area is 222 Å². The zero-order chi connectivity index (χ0) is 27.9. The number of anilines is 3. The van der Waals surface area contributed by atoms with Crippen molar-refractivity contribution in [3.63, 3.8) is 0 Å². The minimum absolute atomic E-state index is 0.176. The summed E-state index contributed by atoms with van der Waals surface area (Å²) in [6.07, 6.45) is 1.51. The summed E-state index contributed by atoms with van der Waals surface area (Å²) in [5.41, 5.74) is 5.53. The van der Waals surface area contributed by atoms with E-state index >= 15 is 0 Å². The Hall–Kier alpha value is -4.16. The van der Waals surface area contributed by atoms with Crippen LogP contribution in [0.4, 0.5) is 30.5 Å². The normalized spacial score (nSPS) is 19.6.